The summed E-state index contributed by atoms with van der Waals surface area (Å²) in [5, 5.41) is 3.01. The van der Waals surface area contributed by atoms with Crippen LogP contribution in [-0.2, 0) is 9.59 Å². The van der Waals surface area contributed by atoms with Gasteiger partial charge in [-0.05, 0) is 49.2 Å². The van der Waals surface area contributed by atoms with E-state index in [0.29, 0.717) is 38.5 Å². The number of rotatable bonds is 6. The maximum Gasteiger partial charge on any atom is 0.238 e. The number of piperazine rings is 1. The fourth-order valence-corrected chi connectivity index (χ4v) is 4.12. The highest BCUT2D eigenvalue weighted by Crippen LogP contribution is 2.20. The Balaban J connectivity index is 1.42. The molecule has 0 atom stereocenters. The molecule has 3 rings (SSSR count). The second-order valence-electron chi connectivity index (χ2n) is 7.21. The van der Waals surface area contributed by atoms with Gasteiger partial charge in [0.25, 0.3) is 0 Å². The average molecular weight is 416 g/mol. The lowest BCUT2D eigenvalue weighted by Gasteiger charge is -2.34. The van der Waals surface area contributed by atoms with Crippen LogP contribution in [0.2, 0.25) is 0 Å². The van der Waals surface area contributed by atoms with Crippen LogP contribution in [-0.4, -0.2) is 60.1 Å². The van der Waals surface area contributed by atoms with Crippen molar-refractivity contribution in [1.82, 2.24) is 9.80 Å². The number of nitrogens with zero attached hydrogens (tertiary/aromatic N) is 2. The number of carbonyl (C=O) groups is 2. The zero-order chi connectivity index (χ0) is 20.8. The van der Waals surface area contributed by atoms with Crippen LogP contribution in [0.25, 0.3) is 0 Å². The summed E-state index contributed by atoms with van der Waals surface area (Å²) in [6.07, 6.45) is 0. The fraction of sp³-hybridized carbons (Fsp3) is 0.364. The average Bonchev–Trinajstić information content (AvgIpc) is 2.71. The third-order valence-electron chi connectivity index (χ3n) is 5.01. The van der Waals surface area contributed by atoms with E-state index in [-0.39, 0.29) is 17.6 Å². The lowest BCUT2D eigenvalue weighted by molar-refractivity contribution is -0.130. The van der Waals surface area contributed by atoms with Gasteiger partial charge in [-0.2, -0.15) is 0 Å². The molecular weight excluding hydrogens is 389 g/mol. The van der Waals surface area contributed by atoms with Crippen LogP contribution >= 0.6 is 11.8 Å². The van der Waals surface area contributed by atoms with E-state index in [0.717, 1.165) is 21.7 Å². The Hall–Kier alpha value is -2.38. The predicted octanol–water partition coefficient (Wildman–Crippen LogP) is 3.32. The van der Waals surface area contributed by atoms with E-state index < -0.39 is 0 Å². The predicted molar refractivity (Wildman–Crippen MR) is 115 cm³/mol. The topological polar surface area (TPSA) is 52.7 Å². The zero-order valence-electron chi connectivity index (χ0n) is 16.8. The first-order chi connectivity index (χ1) is 13.9. The first-order valence-corrected chi connectivity index (χ1v) is 10.7. The molecule has 1 aliphatic rings. The molecule has 0 saturated carbocycles. The molecular formula is C22H26FN3O2S. The monoisotopic (exact) mass is 415 g/mol. The number of hydrogen-bond donors (Lipinski definition) is 1. The Morgan fingerprint density at radius 2 is 1.62 bits per heavy atom. The van der Waals surface area contributed by atoms with Gasteiger partial charge >= 0.3 is 0 Å². The number of halogens is 1. The van der Waals surface area contributed by atoms with Crippen LogP contribution in [0.5, 0.6) is 0 Å². The molecule has 0 aromatic heterocycles. The van der Waals surface area contributed by atoms with Gasteiger partial charge in [-0.25, -0.2) is 4.39 Å². The summed E-state index contributed by atoms with van der Waals surface area (Å²) in [6.45, 7) is 6.85. The van der Waals surface area contributed by atoms with Gasteiger partial charge in [-0.3, -0.25) is 14.5 Å². The summed E-state index contributed by atoms with van der Waals surface area (Å²) in [5.74, 6) is 0.0880. The van der Waals surface area contributed by atoms with Crippen LogP contribution < -0.4 is 5.32 Å². The molecule has 1 aliphatic heterocycles. The molecule has 154 valence electrons. The normalized spacial score (nSPS) is 14.7. The van der Waals surface area contributed by atoms with Crippen molar-refractivity contribution in [1.29, 1.82) is 0 Å². The quantitative estimate of drug-likeness (QED) is 0.736. The van der Waals surface area contributed by atoms with Crippen molar-refractivity contribution in [2.75, 3.05) is 43.8 Å². The van der Waals surface area contributed by atoms with Crippen LogP contribution in [0.4, 0.5) is 10.1 Å². The second kappa shape index (κ2) is 9.89. The van der Waals surface area contributed by atoms with Crippen LogP contribution in [0, 0.1) is 19.7 Å². The number of carbonyl (C=O) groups excluding carboxylic acids is 2. The van der Waals surface area contributed by atoms with Crippen molar-refractivity contribution >= 4 is 29.3 Å². The van der Waals surface area contributed by atoms with E-state index in [1.807, 2.05) is 36.9 Å². The Bertz CT molecular complexity index is 845. The summed E-state index contributed by atoms with van der Waals surface area (Å²) in [4.78, 5) is 29.6. The number of para-hydroxylation sites is 1. The lowest BCUT2D eigenvalue weighted by Crippen LogP contribution is -2.50. The SMILES string of the molecule is Cc1cccc(C)c1NC(=O)CN1CCN(C(=O)CSc2ccc(F)cc2)CC1. The van der Waals surface area contributed by atoms with E-state index in [1.54, 1.807) is 12.1 Å². The van der Waals surface area contributed by atoms with Gasteiger partial charge in [-0.1, -0.05) is 18.2 Å². The van der Waals surface area contributed by atoms with Crippen LogP contribution in [0.1, 0.15) is 11.1 Å². The second-order valence-corrected chi connectivity index (χ2v) is 8.26. The highest BCUT2D eigenvalue weighted by molar-refractivity contribution is 8.00. The van der Waals surface area contributed by atoms with Crippen molar-refractivity contribution in [2.45, 2.75) is 18.7 Å². The number of hydrogen-bond acceptors (Lipinski definition) is 4. The number of anilines is 1. The van der Waals surface area contributed by atoms with Gasteiger partial charge in [0, 0.05) is 36.8 Å². The molecule has 0 bridgehead atoms. The van der Waals surface area contributed by atoms with E-state index in [1.165, 1.54) is 23.9 Å². The molecule has 1 heterocycles. The minimum Gasteiger partial charge on any atom is -0.339 e. The van der Waals surface area contributed by atoms with Crippen LogP contribution in [0.3, 0.4) is 0 Å². The molecule has 0 aliphatic carbocycles. The highest BCUT2D eigenvalue weighted by Gasteiger charge is 2.22. The smallest absolute Gasteiger partial charge is 0.238 e. The number of aryl methyl sites for hydroxylation is 2. The van der Waals surface area contributed by atoms with Crippen molar-refractivity contribution in [3.05, 3.63) is 59.4 Å². The Morgan fingerprint density at radius 3 is 2.24 bits per heavy atom. The lowest BCUT2D eigenvalue weighted by atomic mass is 10.1. The third-order valence-corrected chi connectivity index (χ3v) is 6.01. The first kappa shape index (κ1) is 21.3. The number of nitrogens with one attached hydrogen (secondary N) is 1. The Labute approximate surface area is 175 Å². The summed E-state index contributed by atoms with van der Waals surface area (Å²) in [6, 6.07) is 12.1. The van der Waals surface area contributed by atoms with Crippen molar-refractivity contribution in [3.8, 4) is 0 Å². The molecule has 0 unspecified atom stereocenters. The molecule has 5 nitrogen and oxygen atoms in total. The van der Waals surface area contributed by atoms with E-state index in [9.17, 15) is 14.0 Å². The Kier molecular flexibility index (Phi) is 7.28. The van der Waals surface area contributed by atoms with E-state index >= 15 is 0 Å². The molecule has 7 heteroatoms. The highest BCUT2D eigenvalue weighted by atomic mass is 32.2. The first-order valence-electron chi connectivity index (χ1n) is 9.67. The largest absolute Gasteiger partial charge is 0.339 e. The number of thioether (sulfide) groups is 1. The number of benzene rings is 2. The maximum absolute atomic E-state index is 12.9. The third kappa shape index (κ3) is 6.05. The summed E-state index contributed by atoms with van der Waals surface area (Å²) >= 11 is 1.41. The molecule has 2 amide bonds. The summed E-state index contributed by atoms with van der Waals surface area (Å²) in [7, 11) is 0. The van der Waals surface area contributed by atoms with Gasteiger partial charge in [0.15, 0.2) is 0 Å². The minimum atomic E-state index is -0.279. The van der Waals surface area contributed by atoms with Crippen molar-refractivity contribution < 1.29 is 14.0 Å². The molecule has 29 heavy (non-hydrogen) atoms. The van der Waals surface area contributed by atoms with Crippen molar-refractivity contribution in [2.24, 2.45) is 0 Å². The van der Waals surface area contributed by atoms with Gasteiger partial charge in [0.2, 0.25) is 11.8 Å². The van der Waals surface area contributed by atoms with Crippen LogP contribution in [0.15, 0.2) is 47.4 Å². The van der Waals surface area contributed by atoms with Gasteiger partial charge in [0.05, 0.1) is 12.3 Å². The molecule has 0 radical (unpaired) electrons. The summed E-state index contributed by atoms with van der Waals surface area (Å²) in [5.41, 5.74) is 2.98. The molecule has 2 aromatic rings. The zero-order valence-corrected chi connectivity index (χ0v) is 17.6. The van der Waals surface area contributed by atoms with Gasteiger partial charge in [-0.15, -0.1) is 11.8 Å². The molecule has 0 spiro atoms. The standard InChI is InChI=1S/C22H26FN3O2S/c1-16-4-3-5-17(2)22(16)24-20(27)14-25-10-12-26(13-11-25)21(28)15-29-19-8-6-18(23)7-9-19/h3-9H,10-15H2,1-2H3,(H,24,27). The van der Waals surface area contributed by atoms with Crippen molar-refractivity contribution in [3.63, 3.8) is 0 Å². The minimum absolute atomic E-state index is 0.0333. The molecule has 1 N–H and O–H groups in total. The maximum atomic E-state index is 12.9. The molecule has 1 fully saturated rings. The Morgan fingerprint density at radius 1 is 1.00 bits per heavy atom. The molecule has 2 aromatic carbocycles. The summed E-state index contributed by atoms with van der Waals surface area (Å²) < 4.78 is 12.9. The number of amides is 2. The fourth-order valence-electron chi connectivity index (χ4n) is 3.32. The van der Waals surface area contributed by atoms with E-state index in [2.05, 4.69) is 10.2 Å². The van der Waals surface area contributed by atoms with Gasteiger partial charge in [0.1, 0.15) is 5.82 Å². The van der Waals surface area contributed by atoms with E-state index in [4.69, 9.17) is 0 Å². The molecule has 1 saturated heterocycles. The van der Waals surface area contributed by atoms with Gasteiger partial charge < -0.3 is 10.2 Å².